The standard InChI is InChI=1S/C8H10INO2/c1-12-8-6(5-10-11)3-2-4-7(8)9/h2-4,10-11H,5H2,1H3. The van der Waals surface area contributed by atoms with Crippen molar-refractivity contribution in [3.8, 4) is 5.75 Å². The van der Waals surface area contributed by atoms with E-state index in [2.05, 4.69) is 28.1 Å². The molecule has 66 valence electrons. The minimum absolute atomic E-state index is 0.403. The van der Waals surface area contributed by atoms with Crippen LogP contribution in [0.2, 0.25) is 0 Å². The quantitative estimate of drug-likeness (QED) is 0.654. The van der Waals surface area contributed by atoms with Gasteiger partial charge in [-0.25, -0.2) is 5.48 Å². The van der Waals surface area contributed by atoms with Gasteiger partial charge in [-0.15, -0.1) is 0 Å². The zero-order valence-electron chi connectivity index (χ0n) is 6.67. The predicted molar refractivity (Wildman–Crippen MR) is 54.3 cm³/mol. The van der Waals surface area contributed by atoms with Gasteiger partial charge < -0.3 is 9.94 Å². The Kier molecular flexibility index (Phi) is 3.77. The van der Waals surface area contributed by atoms with Gasteiger partial charge in [-0.05, 0) is 28.7 Å². The molecule has 2 N–H and O–H groups in total. The fourth-order valence-electron chi connectivity index (χ4n) is 1.01. The normalized spacial score (nSPS) is 9.92. The van der Waals surface area contributed by atoms with Gasteiger partial charge in [0.05, 0.1) is 10.7 Å². The summed E-state index contributed by atoms with van der Waals surface area (Å²) in [6.07, 6.45) is 0. The van der Waals surface area contributed by atoms with Crippen molar-refractivity contribution in [1.82, 2.24) is 5.48 Å². The van der Waals surface area contributed by atoms with Crippen LogP contribution >= 0.6 is 22.6 Å². The molecule has 3 nitrogen and oxygen atoms in total. The highest BCUT2D eigenvalue weighted by molar-refractivity contribution is 14.1. The molecular weight excluding hydrogens is 269 g/mol. The van der Waals surface area contributed by atoms with Gasteiger partial charge in [0.1, 0.15) is 5.75 Å². The van der Waals surface area contributed by atoms with Crippen LogP contribution in [0, 0.1) is 3.57 Å². The molecule has 0 aliphatic heterocycles. The van der Waals surface area contributed by atoms with Crippen molar-refractivity contribution in [3.05, 3.63) is 27.3 Å². The van der Waals surface area contributed by atoms with Crippen LogP contribution in [-0.2, 0) is 6.54 Å². The molecule has 0 aliphatic rings. The van der Waals surface area contributed by atoms with Crippen LogP contribution in [-0.4, -0.2) is 12.3 Å². The van der Waals surface area contributed by atoms with Gasteiger partial charge in [0.15, 0.2) is 0 Å². The zero-order valence-corrected chi connectivity index (χ0v) is 8.83. The fraction of sp³-hybridized carbons (Fsp3) is 0.250. The van der Waals surface area contributed by atoms with Crippen molar-refractivity contribution >= 4 is 22.6 Å². The van der Waals surface area contributed by atoms with E-state index in [0.717, 1.165) is 14.9 Å². The van der Waals surface area contributed by atoms with Gasteiger partial charge >= 0.3 is 0 Å². The smallest absolute Gasteiger partial charge is 0.136 e. The van der Waals surface area contributed by atoms with Crippen molar-refractivity contribution in [2.24, 2.45) is 0 Å². The number of rotatable bonds is 3. The lowest BCUT2D eigenvalue weighted by atomic mass is 10.2. The summed E-state index contributed by atoms with van der Waals surface area (Å²) >= 11 is 2.19. The van der Waals surface area contributed by atoms with Crippen LogP contribution in [0.4, 0.5) is 0 Å². The van der Waals surface area contributed by atoms with Gasteiger partial charge in [-0.3, -0.25) is 0 Å². The maximum atomic E-state index is 8.52. The van der Waals surface area contributed by atoms with Crippen molar-refractivity contribution < 1.29 is 9.94 Å². The average Bonchev–Trinajstić information content (AvgIpc) is 2.05. The van der Waals surface area contributed by atoms with Crippen LogP contribution in [0.25, 0.3) is 0 Å². The minimum atomic E-state index is 0.403. The molecule has 0 fully saturated rings. The molecule has 4 heteroatoms. The maximum Gasteiger partial charge on any atom is 0.136 e. The summed E-state index contributed by atoms with van der Waals surface area (Å²) in [6.45, 7) is 0.403. The topological polar surface area (TPSA) is 41.5 Å². The number of para-hydroxylation sites is 1. The molecule has 0 aliphatic carbocycles. The Hall–Kier alpha value is -0.330. The Bertz CT molecular complexity index is 265. The molecule has 0 heterocycles. The van der Waals surface area contributed by atoms with E-state index in [4.69, 9.17) is 9.94 Å². The zero-order chi connectivity index (χ0) is 8.97. The highest BCUT2D eigenvalue weighted by atomic mass is 127. The van der Waals surface area contributed by atoms with E-state index in [9.17, 15) is 0 Å². The van der Waals surface area contributed by atoms with Gasteiger partial charge in [-0.2, -0.15) is 0 Å². The highest BCUT2D eigenvalue weighted by Gasteiger charge is 2.04. The first-order valence-electron chi connectivity index (χ1n) is 3.48. The van der Waals surface area contributed by atoms with Crippen molar-refractivity contribution in [1.29, 1.82) is 0 Å². The first-order chi connectivity index (χ1) is 5.79. The summed E-state index contributed by atoms with van der Waals surface area (Å²) in [5.41, 5.74) is 3.05. The van der Waals surface area contributed by atoms with E-state index >= 15 is 0 Å². The van der Waals surface area contributed by atoms with Crippen LogP contribution in [0.15, 0.2) is 18.2 Å². The van der Waals surface area contributed by atoms with Gasteiger partial charge in [0, 0.05) is 12.1 Å². The molecule has 1 rings (SSSR count). The molecule has 0 radical (unpaired) electrons. The first-order valence-corrected chi connectivity index (χ1v) is 4.55. The van der Waals surface area contributed by atoms with Gasteiger partial charge in [0.2, 0.25) is 0 Å². The lowest BCUT2D eigenvalue weighted by Gasteiger charge is -2.08. The van der Waals surface area contributed by atoms with Crippen LogP contribution in [0.1, 0.15) is 5.56 Å². The molecule has 12 heavy (non-hydrogen) atoms. The van der Waals surface area contributed by atoms with Gasteiger partial charge in [0.25, 0.3) is 0 Å². The third-order valence-corrected chi connectivity index (χ3v) is 2.37. The van der Waals surface area contributed by atoms with Crippen LogP contribution < -0.4 is 10.2 Å². The third-order valence-electron chi connectivity index (χ3n) is 1.52. The molecule has 0 saturated heterocycles. The monoisotopic (exact) mass is 279 g/mol. The number of ether oxygens (including phenoxy) is 1. The number of hydrogen-bond donors (Lipinski definition) is 2. The number of hydroxylamine groups is 1. The largest absolute Gasteiger partial charge is 0.495 e. The SMILES string of the molecule is COc1c(I)cccc1CNO. The molecular formula is C8H10INO2. The molecule has 0 spiro atoms. The van der Waals surface area contributed by atoms with E-state index in [1.165, 1.54) is 0 Å². The van der Waals surface area contributed by atoms with Crippen LogP contribution in [0.3, 0.4) is 0 Å². The van der Waals surface area contributed by atoms with Crippen molar-refractivity contribution in [2.45, 2.75) is 6.54 Å². The third kappa shape index (κ3) is 2.09. The second-order valence-corrected chi connectivity index (χ2v) is 3.43. The Balaban J connectivity index is 3.00. The summed E-state index contributed by atoms with van der Waals surface area (Å²) in [7, 11) is 1.62. The summed E-state index contributed by atoms with van der Waals surface area (Å²) in [6, 6.07) is 5.79. The van der Waals surface area contributed by atoms with Crippen LogP contribution in [0.5, 0.6) is 5.75 Å². The first kappa shape index (κ1) is 9.76. The maximum absolute atomic E-state index is 8.52. The lowest BCUT2D eigenvalue weighted by Crippen LogP contribution is -2.07. The Morgan fingerprint density at radius 2 is 2.33 bits per heavy atom. The molecule has 0 atom stereocenters. The summed E-state index contributed by atoms with van der Waals surface area (Å²) in [5.74, 6) is 0.819. The number of benzene rings is 1. The Morgan fingerprint density at radius 3 is 2.92 bits per heavy atom. The minimum Gasteiger partial charge on any atom is -0.495 e. The van der Waals surface area contributed by atoms with Gasteiger partial charge in [-0.1, -0.05) is 12.1 Å². The molecule has 0 saturated carbocycles. The van der Waals surface area contributed by atoms with Crippen molar-refractivity contribution in [3.63, 3.8) is 0 Å². The Morgan fingerprint density at radius 1 is 1.58 bits per heavy atom. The summed E-state index contributed by atoms with van der Waals surface area (Å²) < 4.78 is 6.21. The molecule has 0 unspecified atom stereocenters. The fourth-order valence-corrected chi connectivity index (χ4v) is 1.78. The Labute approximate surface area is 84.8 Å². The highest BCUT2D eigenvalue weighted by Crippen LogP contribution is 2.24. The molecule has 0 bridgehead atoms. The second-order valence-electron chi connectivity index (χ2n) is 2.27. The van der Waals surface area contributed by atoms with E-state index < -0.39 is 0 Å². The number of methoxy groups -OCH3 is 1. The van der Waals surface area contributed by atoms with E-state index in [-0.39, 0.29) is 0 Å². The lowest BCUT2D eigenvalue weighted by molar-refractivity contribution is 0.160. The molecule has 1 aromatic rings. The summed E-state index contributed by atoms with van der Waals surface area (Å²) in [4.78, 5) is 0. The average molecular weight is 279 g/mol. The number of hydrogen-bond acceptors (Lipinski definition) is 3. The molecule has 0 aromatic heterocycles. The number of nitrogens with one attached hydrogen (secondary N) is 1. The summed E-state index contributed by atoms with van der Waals surface area (Å²) in [5, 5.41) is 8.52. The molecule has 1 aromatic carbocycles. The van der Waals surface area contributed by atoms with E-state index in [0.29, 0.717) is 6.54 Å². The molecule has 0 amide bonds. The predicted octanol–water partition coefficient (Wildman–Crippen LogP) is 1.78. The van der Waals surface area contributed by atoms with E-state index in [1.807, 2.05) is 18.2 Å². The number of halogens is 1. The van der Waals surface area contributed by atoms with Crippen molar-refractivity contribution in [2.75, 3.05) is 7.11 Å². The van der Waals surface area contributed by atoms with E-state index in [1.54, 1.807) is 7.11 Å². The second kappa shape index (κ2) is 4.64.